The van der Waals surface area contributed by atoms with Crippen molar-refractivity contribution in [1.82, 2.24) is 14.8 Å². The molecule has 6 rings (SSSR count). The van der Waals surface area contributed by atoms with Gasteiger partial charge in [0.1, 0.15) is 30.3 Å². The van der Waals surface area contributed by atoms with Crippen LogP contribution in [0.4, 0.5) is 10.3 Å². The second kappa shape index (κ2) is 13.0. The molecule has 0 spiro atoms. The molecule has 0 radical (unpaired) electrons. The molecule has 43 heavy (non-hydrogen) atoms. The van der Waals surface area contributed by atoms with Gasteiger partial charge >= 0.3 is 5.97 Å². The van der Waals surface area contributed by atoms with E-state index in [4.69, 9.17) is 19.6 Å². The average molecular weight is 599 g/mol. The van der Waals surface area contributed by atoms with Crippen LogP contribution in [0.3, 0.4) is 0 Å². The number of aryl methyl sites for hydroxylation is 1. The number of benzene rings is 3. The predicted molar refractivity (Wildman–Crippen MR) is 165 cm³/mol. The number of para-hydroxylation sites is 1. The Morgan fingerprint density at radius 3 is 2.53 bits per heavy atom. The number of aromatic nitrogens is 3. The number of hydrogen-bond acceptors (Lipinski definition) is 7. The molecule has 0 saturated heterocycles. The van der Waals surface area contributed by atoms with Crippen LogP contribution in [0.15, 0.2) is 89.2 Å². The SMILES string of the molecule is CC1=C(C(=O)OC2CCCCC2)C(c2ccccc2OCc2ccc(C)cc2)n2nc(SCc3ccccc3F)nc2N1. The Kier molecular flexibility index (Phi) is 8.79. The van der Waals surface area contributed by atoms with Crippen LogP contribution in [-0.2, 0) is 21.9 Å². The molecular weight excluding hydrogens is 563 g/mol. The van der Waals surface area contributed by atoms with Crippen molar-refractivity contribution >= 4 is 23.7 Å². The molecule has 1 unspecified atom stereocenters. The summed E-state index contributed by atoms with van der Waals surface area (Å²) in [5, 5.41) is 8.58. The molecular formula is C34H35FN4O3S. The monoisotopic (exact) mass is 598 g/mol. The van der Waals surface area contributed by atoms with Gasteiger partial charge in [0.2, 0.25) is 11.1 Å². The lowest BCUT2D eigenvalue weighted by Crippen LogP contribution is -2.32. The number of thioether (sulfide) groups is 1. The molecule has 4 aromatic rings. The zero-order valence-electron chi connectivity index (χ0n) is 24.4. The number of nitrogens with zero attached hydrogens (tertiary/aromatic N) is 3. The minimum absolute atomic E-state index is 0.0979. The Morgan fingerprint density at radius 1 is 1.00 bits per heavy atom. The van der Waals surface area contributed by atoms with E-state index < -0.39 is 6.04 Å². The Balaban J connectivity index is 1.34. The van der Waals surface area contributed by atoms with Crippen LogP contribution in [-0.4, -0.2) is 26.8 Å². The van der Waals surface area contributed by atoms with Crippen molar-refractivity contribution in [2.75, 3.05) is 5.32 Å². The predicted octanol–water partition coefficient (Wildman–Crippen LogP) is 7.76. The Bertz CT molecular complexity index is 1630. The van der Waals surface area contributed by atoms with Crippen LogP contribution in [0.25, 0.3) is 0 Å². The highest BCUT2D eigenvalue weighted by Crippen LogP contribution is 2.41. The van der Waals surface area contributed by atoms with Gasteiger partial charge in [-0.05, 0) is 62.8 Å². The Morgan fingerprint density at radius 2 is 1.74 bits per heavy atom. The Labute approximate surface area is 255 Å². The zero-order chi connectivity index (χ0) is 29.8. The van der Waals surface area contributed by atoms with Crippen molar-refractivity contribution < 1.29 is 18.7 Å². The summed E-state index contributed by atoms with van der Waals surface area (Å²) in [7, 11) is 0. The molecule has 2 heterocycles. The van der Waals surface area contributed by atoms with Crippen LogP contribution in [0.1, 0.15) is 67.3 Å². The summed E-state index contributed by atoms with van der Waals surface area (Å²) < 4.78 is 28.5. The molecule has 0 amide bonds. The maximum Gasteiger partial charge on any atom is 0.338 e. The van der Waals surface area contributed by atoms with Gasteiger partial charge in [-0.1, -0.05) is 84.4 Å². The summed E-state index contributed by atoms with van der Waals surface area (Å²) in [6, 6.07) is 22.0. The molecule has 9 heteroatoms. The second-order valence-electron chi connectivity index (χ2n) is 11.1. The molecule has 3 aromatic carbocycles. The van der Waals surface area contributed by atoms with Crippen molar-refractivity contribution in [2.45, 2.75) is 75.6 Å². The number of halogens is 1. The summed E-state index contributed by atoms with van der Waals surface area (Å²) in [6.07, 6.45) is 4.93. The summed E-state index contributed by atoms with van der Waals surface area (Å²) in [5.41, 5.74) is 4.71. The number of fused-ring (bicyclic) bond motifs is 1. The van der Waals surface area contributed by atoms with E-state index in [1.807, 2.05) is 49.4 Å². The molecule has 1 aliphatic heterocycles. The van der Waals surface area contributed by atoms with Crippen molar-refractivity contribution in [3.05, 3.63) is 112 Å². The highest BCUT2D eigenvalue weighted by atomic mass is 32.2. The van der Waals surface area contributed by atoms with Crippen LogP contribution < -0.4 is 10.1 Å². The topological polar surface area (TPSA) is 78.3 Å². The van der Waals surface area contributed by atoms with Crippen LogP contribution in [0, 0.1) is 12.7 Å². The third kappa shape index (κ3) is 6.62. The lowest BCUT2D eigenvalue weighted by molar-refractivity contribution is -0.146. The van der Waals surface area contributed by atoms with Crippen molar-refractivity contribution in [3.63, 3.8) is 0 Å². The summed E-state index contributed by atoms with van der Waals surface area (Å²) in [5.74, 6) is 0.894. The lowest BCUT2D eigenvalue weighted by Gasteiger charge is -2.30. The molecule has 1 aliphatic carbocycles. The van der Waals surface area contributed by atoms with Gasteiger partial charge in [0.15, 0.2) is 0 Å². The largest absolute Gasteiger partial charge is 0.489 e. The summed E-state index contributed by atoms with van der Waals surface area (Å²) in [4.78, 5) is 18.6. The fourth-order valence-electron chi connectivity index (χ4n) is 5.58. The van der Waals surface area contributed by atoms with E-state index in [-0.39, 0.29) is 17.9 Å². The average Bonchev–Trinajstić information content (AvgIpc) is 3.42. The first kappa shape index (κ1) is 29.0. The summed E-state index contributed by atoms with van der Waals surface area (Å²) >= 11 is 1.34. The third-order valence-electron chi connectivity index (χ3n) is 7.92. The van der Waals surface area contributed by atoms with Gasteiger partial charge in [0.25, 0.3) is 0 Å². The smallest absolute Gasteiger partial charge is 0.338 e. The normalized spacial score (nSPS) is 16.9. The van der Waals surface area contributed by atoms with Gasteiger partial charge in [-0.25, -0.2) is 13.9 Å². The number of carbonyl (C=O) groups excluding carboxylic acids is 1. The van der Waals surface area contributed by atoms with E-state index in [0.717, 1.165) is 36.8 Å². The molecule has 0 bridgehead atoms. The number of hydrogen-bond donors (Lipinski definition) is 1. The molecule has 1 aromatic heterocycles. The lowest BCUT2D eigenvalue weighted by atomic mass is 9.94. The van der Waals surface area contributed by atoms with E-state index >= 15 is 0 Å². The summed E-state index contributed by atoms with van der Waals surface area (Å²) in [6.45, 7) is 4.30. The van der Waals surface area contributed by atoms with Gasteiger partial charge in [0, 0.05) is 17.0 Å². The van der Waals surface area contributed by atoms with Crippen LogP contribution >= 0.6 is 11.8 Å². The maximum atomic E-state index is 14.3. The van der Waals surface area contributed by atoms with E-state index in [9.17, 15) is 9.18 Å². The Hall–Kier alpha value is -4.11. The van der Waals surface area contributed by atoms with Gasteiger partial charge in [-0.3, -0.25) is 0 Å². The van der Waals surface area contributed by atoms with Crippen LogP contribution in [0.2, 0.25) is 0 Å². The molecule has 1 N–H and O–H groups in total. The first-order valence-corrected chi connectivity index (χ1v) is 15.7. The minimum Gasteiger partial charge on any atom is -0.489 e. The first-order valence-electron chi connectivity index (χ1n) is 14.7. The van der Waals surface area contributed by atoms with Crippen molar-refractivity contribution in [2.24, 2.45) is 0 Å². The van der Waals surface area contributed by atoms with E-state index in [1.54, 1.807) is 16.8 Å². The molecule has 1 saturated carbocycles. The number of ether oxygens (including phenoxy) is 2. The molecule has 2 aliphatic rings. The number of anilines is 1. The number of nitrogens with one attached hydrogen (secondary N) is 1. The van der Waals surface area contributed by atoms with Crippen molar-refractivity contribution in [3.8, 4) is 5.75 Å². The van der Waals surface area contributed by atoms with E-state index in [1.165, 1.54) is 29.8 Å². The quantitative estimate of drug-likeness (QED) is 0.156. The van der Waals surface area contributed by atoms with E-state index in [0.29, 0.717) is 46.0 Å². The molecule has 1 fully saturated rings. The van der Waals surface area contributed by atoms with Gasteiger partial charge < -0.3 is 14.8 Å². The highest BCUT2D eigenvalue weighted by molar-refractivity contribution is 7.98. The number of allylic oxidation sites excluding steroid dienone is 1. The number of esters is 1. The first-order chi connectivity index (χ1) is 21.0. The fourth-order valence-corrected chi connectivity index (χ4v) is 6.40. The second-order valence-corrected chi connectivity index (χ2v) is 12.0. The van der Waals surface area contributed by atoms with Crippen LogP contribution in [0.5, 0.6) is 5.75 Å². The zero-order valence-corrected chi connectivity index (χ0v) is 25.2. The fraction of sp³-hybridized carbons (Fsp3) is 0.324. The molecule has 222 valence electrons. The molecule has 1 atom stereocenters. The van der Waals surface area contributed by atoms with Gasteiger partial charge in [-0.2, -0.15) is 4.98 Å². The highest BCUT2D eigenvalue weighted by Gasteiger charge is 2.38. The van der Waals surface area contributed by atoms with Gasteiger partial charge in [-0.15, -0.1) is 5.10 Å². The van der Waals surface area contributed by atoms with E-state index in [2.05, 4.69) is 24.4 Å². The van der Waals surface area contributed by atoms with Gasteiger partial charge in [0.05, 0.1) is 5.57 Å². The number of rotatable bonds is 9. The minimum atomic E-state index is -0.628. The van der Waals surface area contributed by atoms with Crippen molar-refractivity contribution in [1.29, 1.82) is 0 Å². The third-order valence-corrected chi connectivity index (χ3v) is 8.81. The standard InChI is InChI=1S/C34H35FN4O3S/c1-22-16-18-24(19-17-22)20-41-29-15-9-7-13-27(29)31-30(32(40)42-26-11-4-3-5-12-26)23(2)36-33-37-34(38-39(31)33)43-21-25-10-6-8-14-28(25)35/h6-10,13-19,26,31H,3-5,11-12,20-21H2,1-2H3,(H,36,37,38). The number of carbonyl (C=O) groups is 1. The molecule has 7 nitrogen and oxygen atoms in total. The maximum absolute atomic E-state index is 14.3.